The first-order chi connectivity index (χ1) is 10.9. The predicted molar refractivity (Wildman–Crippen MR) is 90.2 cm³/mol. The Hall–Kier alpha value is -1.43. The van der Waals surface area contributed by atoms with E-state index in [0.717, 1.165) is 5.56 Å². The van der Waals surface area contributed by atoms with E-state index in [4.69, 9.17) is 28.3 Å². The number of carbonyl (C=O) groups is 2. The summed E-state index contributed by atoms with van der Waals surface area (Å²) in [6, 6.07) is 5.17. The van der Waals surface area contributed by atoms with Crippen molar-refractivity contribution in [2.75, 3.05) is 0 Å². The largest absolute Gasteiger partial charge is 0.481 e. The van der Waals surface area contributed by atoms with Gasteiger partial charge in [0, 0.05) is 28.8 Å². The van der Waals surface area contributed by atoms with E-state index in [1.165, 1.54) is 11.3 Å². The number of carboxylic acids is 1. The van der Waals surface area contributed by atoms with E-state index in [-0.39, 0.29) is 18.6 Å². The lowest BCUT2D eigenvalue weighted by Gasteiger charge is -2.07. The maximum Gasteiger partial charge on any atom is 0.310 e. The van der Waals surface area contributed by atoms with E-state index in [9.17, 15) is 9.59 Å². The first-order valence-corrected chi connectivity index (χ1v) is 8.68. The van der Waals surface area contributed by atoms with Crippen LogP contribution < -0.4 is 0 Å². The number of nitrogens with zero attached hydrogens (tertiary/aromatic N) is 1. The highest BCUT2D eigenvalue weighted by molar-refractivity contribution is 7.13. The lowest BCUT2D eigenvalue weighted by atomic mass is 9.98. The minimum atomic E-state index is -0.877. The van der Waals surface area contributed by atoms with Crippen LogP contribution >= 0.6 is 34.5 Å². The summed E-state index contributed by atoms with van der Waals surface area (Å²) in [5.41, 5.74) is 0.585. The van der Waals surface area contributed by atoms with Crippen molar-refractivity contribution in [2.24, 2.45) is 5.41 Å². The molecule has 1 aromatic carbocycles. The molecule has 120 valence electrons. The van der Waals surface area contributed by atoms with E-state index in [0.29, 0.717) is 33.6 Å². The number of thiazole rings is 1. The van der Waals surface area contributed by atoms with E-state index in [2.05, 4.69) is 4.98 Å². The Morgan fingerprint density at radius 3 is 2.65 bits per heavy atom. The number of Topliss-reactive ketones (excluding diaryl/α,β-unsaturated/α-hetero) is 1. The Labute approximate surface area is 147 Å². The number of halogens is 2. The monoisotopic (exact) mass is 369 g/mol. The smallest absolute Gasteiger partial charge is 0.310 e. The number of aliphatic carboxylic acids is 1. The lowest BCUT2D eigenvalue weighted by Crippen LogP contribution is -2.20. The molecule has 1 aromatic heterocycles. The van der Waals surface area contributed by atoms with Crippen molar-refractivity contribution in [3.63, 3.8) is 0 Å². The Morgan fingerprint density at radius 2 is 2.04 bits per heavy atom. The Bertz CT molecular complexity index is 783. The third-order valence-corrected chi connectivity index (χ3v) is 5.41. The van der Waals surface area contributed by atoms with Crippen molar-refractivity contribution in [2.45, 2.75) is 25.7 Å². The van der Waals surface area contributed by atoms with Crippen LogP contribution in [-0.4, -0.2) is 21.8 Å². The molecule has 0 saturated heterocycles. The van der Waals surface area contributed by atoms with Gasteiger partial charge < -0.3 is 5.11 Å². The second-order valence-electron chi connectivity index (χ2n) is 5.75. The van der Waals surface area contributed by atoms with Crippen LogP contribution in [0.5, 0.6) is 0 Å². The van der Waals surface area contributed by atoms with Gasteiger partial charge in [0.05, 0.1) is 16.1 Å². The molecule has 1 fully saturated rings. The SMILES string of the molecule is O=C(Cc1csc(-c2ccc(Cl)cc2Cl)n1)CC1(C(=O)O)CC1. The molecule has 1 aliphatic rings. The number of hydrogen-bond donors (Lipinski definition) is 1. The summed E-state index contributed by atoms with van der Waals surface area (Å²) < 4.78 is 0. The highest BCUT2D eigenvalue weighted by Crippen LogP contribution is 2.49. The molecular weight excluding hydrogens is 357 g/mol. The van der Waals surface area contributed by atoms with Crippen molar-refractivity contribution >= 4 is 46.3 Å². The van der Waals surface area contributed by atoms with E-state index in [1.54, 1.807) is 23.6 Å². The number of rotatable bonds is 6. The minimum absolute atomic E-state index is 0.0803. The molecule has 3 rings (SSSR count). The number of benzene rings is 1. The molecule has 0 radical (unpaired) electrons. The van der Waals surface area contributed by atoms with Crippen molar-refractivity contribution in [1.82, 2.24) is 4.98 Å². The summed E-state index contributed by atoms with van der Waals surface area (Å²) in [4.78, 5) is 27.7. The molecule has 4 nitrogen and oxygen atoms in total. The molecule has 7 heteroatoms. The summed E-state index contributed by atoms with van der Waals surface area (Å²) in [5.74, 6) is -0.971. The van der Waals surface area contributed by atoms with Gasteiger partial charge in [0.15, 0.2) is 0 Å². The molecule has 1 heterocycles. The summed E-state index contributed by atoms with van der Waals surface area (Å²) in [6.45, 7) is 0. The molecule has 0 spiro atoms. The maximum atomic E-state index is 12.1. The third kappa shape index (κ3) is 3.57. The van der Waals surface area contributed by atoms with Crippen molar-refractivity contribution < 1.29 is 14.7 Å². The zero-order valence-corrected chi connectivity index (χ0v) is 14.3. The van der Waals surface area contributed by atoms with E-state index in [1.807, 2.05) is 0 Å². The van der Waals surface area contributed by atoms with Gasteiger partial charge in [-0.15, -0.1) is 11.3 Å². The zero-order valence-electron chi connectivity index (χ0n) is 12.0. The van der Waals surface area contributed by atoms with Crippen LogP contribution in [0.1, 0.15) is 25.0 Å². The normalized spacial score (nSPS) is 15.4. The topological polar surface area (TPSA) is 67.3 Å². The summed E-state index contributed by atoms with van der Waals surface area (Å²) >= 11 is 13.4. The van der Waals surface area contributed by atoms with Crippen molar-refractivity contribution in [3.05, 3.63) is 39.3 Å². The molecule has 0 unspecified atom stereocenters. The van der Waals surface area contributed by atoms with Crippen LogP contribution in [0, 0.1) is 5.41 Å². The predicted octanol–water partition coefficient (Wildman–Crippen LogP) is 4.48. The van der Waals surface area contributed by atoms with E-state index < -0.39 is 11.4 Å². The van der Waals surface area contributed by atoms with Crippen LogP contribution in [0.4, 0.5) is 0 Å². The molecule has 23 heavy (non-hydrogen) atoms. The highest BCUT2D eigenvalue weighted by atomic mass is 35.5. The standard InChI is InChI=1S/C16H13Cl2NO3S/c17-9-1-2-12(13(18)5-9)14-19-10(8-23-14)6-11(20)7-16(3-4-16)15(21)22/h1-2,5,8H,3-4,6-7H2,(H,21,22). The molecule has 2 aromatic rings. The molecule has 0 amide bonds. The van der Waals surface area contributed by atoms with Gasteiger partial charge in [0.2, 0.25) is 0 Å². The van der Waals surface area contributed by atoms with Crippen LogP contribution in [0.2, 0.25) is 10.0 Å². The lowest BCUT2D eigenvalue weighted by molar-refractivity contribution is -0.145. The number of hydrogen-bond acceptors (Lipinski definition) is 4. The zero-order chi connectivity index (χ0) is 16.6. The highest BCUT2D eigenvalue weighted by Gasteiger charge is 2.51. The minimum Gasteiger partial charge on any atom is -0.481 e. The van der Waals surface area contributed by atoms with Crippen molar-refractivity contribution in [3.8, 4) is 10.6 Å². The quantitative estimate of drug-likeness (QED) is 0.814. The summed E-state index contributed by atoms with van der Waals surface area (Å²) in [7, 11) is 0. The average Bonchev–Trinajstić information content (AvgIpc) is 3.11. The van der Waals surface area contributed by atoms with Gasteiger partial charge in [0.25, 0.3) is 0 Å². The molecule has 1 N–H and O–H groups in total. The molecule has 1 saturated carbocycles. The fraction of sp³-hybridized carbons (Fsp3) is 0.312. The first-order valence-electron chi connectivity index (χ1n) is 7.04. The van der Waals surface area contributed by atoms with E-state index >= 15 is 0 Å². The fourth-order valence-electron chi connectivity index (χ4n) is 2.43. The number of carbonyl (C=O) groups excluding carboxylic acids is 1. The van der Waals surface area contributed by atoms with Gasteiger partial charge in [-0.2, -0.15) is 0 Å². The number of carboxylic acid groups (broad SMARTS) is 1. The first kappa shape index (κ1) is 16.4. The Morgan fingerprint density at radius 1 is 1.30 bits per heavy atom. The van der Waals surface area contributed by atoms with Gasteiger partial charge in [-0.05, 0) is 31.0 Å². The fourth-order valence-corrected chi connectivity index (χ4v) is 3.85. The third-order valence-electron chi connectivity index (χ3n) is 3.93. The second kappa shape index (κ2) is 6.23. The summed E-state index contributed by atoms with van der Waals surface area (Å²) in [6.07, 6.45) is 1.39. The van der Waals surface area contributed by atoms with Gasteiger partial charge in [-0.25, -0.2) is 4.98 Å². The molecule has 0 bridgehead atoms. The van der Waals surface area contributed by atoms with Gasteiger partial charge in [-0.3, -0.25) is 9.59 Å². The molecular formula is C16H13Cl2NO3S. The van der Waals surface area contributed by atoms with Crippen LogP contribution in [0.3, 0.4) is 0 Å². The van der Waals surface area contributed by atoms with Crippen LogP contribution in [0.25, 0.3) is 10.6 Å². The average molecular weight is 370 g/mol. The number of aromatic nitrogens is 1. The van der Waals surface area contributed by atoms with Gasteiger partial charge in [-0.1, -0.05) is 23.2 Å². The molecule has 1 aliphatic carbocycles. The molecule has 0 atom stereocenters. The second-order valence-corrected chi connectivity index (χ2v) is 7.45. The Kier molecular flexibility index (Phi) is 4.45. The van der Waals surface area contributed by atoms with Crippen molar-refractivity contribution in [1.29, 1.82) is 0 Å². The maximum absolute atomic E-state index is 12.1. The molecule has 0 aliphatic heterocycles. The van der Waals surface area contributed by atoms with Crippen LogP contribution in [0.15, 0.2) is 23.6 Å². The van der Waals surface area contributed by atoms with Crippen LogP contribution in [-0.2, 0) is 16.0 Å². The summed E-state index contributed by atoms with van der Waals surface area (Å²) in [5, 5.41) is 12.7. The van der Waals surface area contributed by atoms with Gasteiger partial charge in [0.1, 0.15) is 10.8 Å². The van der Waals surface area contributed by atoms with Gasteiger partial charge >= 0.3 is 5.97 Å². The number of ketones is 1. The Balaban J connectivity index is 1.70.